The van der Waals surface area contributed by atoms with E-state index in [-0.39, 0.29) is 52.9 Å². The number of amides is 2. The Morgan fingerprint density at radius 2 is 1.82 bits per heavy atom. The monoisotopic (exact) mass is 614 g/mol. The normalized spacial score (nSPS) is 18.0. The molecule has 2 aliphatic rings. The predicted molar refractivity (Wildman–Crippen MR) is 167 cm³/mol. The van der Waals surface area contributed by atoms with E-state index < -0.39 is 46.6 Å². The van der Waals surface area contributed by atoms with E-state index in [0.29, 0.717) is 16.9 Å². The van der Waals surface area contributed by atoms with Crippen LogP contribution < -0.4 is 15.5 Å². The first-order chi connectivity index (χ1) is 21.4. The van der Waals surface area contributed by atoms with E-state index in [1.54, 1.807) is 31.0 Å². The van der Waals surface area contributed by atoms with Crippen LogP contribution in [0.5, 0.6) is 5.75 Å². The lowest BCUT2D eigenvalue weighted by atomic mass is 9.98. The van der Waals surface area contributed by atoms with Crippen LogP contribution in [0.2, 0.25) is 0 Å². The van der Waals surface area contributed by atoms with E-state index in [1.807, 2.05) is 13.8 Å². The number of benzene rings is 2. The maximum absolute atomic E-state index is 17.2. The molecule has 232 valence electrons. The molecule has 0 saturated carbocycles. The number of halogens is 2. The number of phenolic OH excluding ortho intramolecular Hbond substituents is 1. The van der Waals surface area contributed by atoms with Crippen molar-refractivity contribution < 1.29 is 23.5 Å². The number of para-hydroxylation sites is 1. The molecule has 0 spiro atoms. The van der Waals surface area contributed by atoms with Crippen LogP contribution in [0.25, 0.3) is 27.7 Å². The predicted octanol–water partition coefficient (Wildman–Crippen LogP) is 4.43. The quantitative estimate of drug-likeness (QED) is 0.339. The first-order valence-electron chi connectivity index (χ1n) is 14.6. The first kappa shape index (κ1) is 29.9. The molecule has 2 unspecified atom stereocenters. The molecule has 2 aromatic heterocycles. The lowest BCUT2D eigenvalue weighted by molar-refractivity contribution is -0.130. The summed E-state index contributed by atoms with van der Waals surface area (Å²) in [4.78, 5) is 54.0. The highest BCUT2D eigenvalue weighted by Crippen LogP contribution is 2.47. The van der Waals surface area contributed by atoms with Gasteiger partial charge in [0.2, 0.25) is 5.91 Å². The molecule has 2 aromatic carbocycles. The summed E-state index contributed by atoms with van der Waals surface area (Å²) in [6.07, 6.45) is 2.74. The molecule has 4 aromatic rings. The maximum atomic E-state index is 17.2. The van der Waals surface area contributed by atoms with Crippen molar-refractivity contribution in [1.82, 2.24) is 19.4 Å². The molecule has 0 radical (unpaired) electrons. The van der Waals surface area contributed by atoms with Crippen LogP contribution in [0.3, 0.4) is 0 Å². The number of carbonyl (C=O) groups is 2. The zero-order chi connectivity index (χ0) is 32.5. The van der Waals surface area contributed by atoms with Gasteiger partial charge in [-0.3, -0.25) is 19.1 Å². The van der Waals surface area contributed by atoms with Gasteiger partial charge in [0.05, 0.1) is 34.6 Å². The highest BCUT2D eigenvalue weighted by atomic mass is 19.1. The van der Waals surface area contributed by atoms with Gasteiger partial charge < -0.3 is 19.8 Å². The molecule has 0 aliphatic carbocycles. The number of pyridine rings is 1. The van der Waals surface area contributed by atoms with Gasteiger partial charge in [0.1, 0.15) is 23.1 Å². The van der Waals surface area contributed by atoms with Crippen LogP contribution in [0.1, 0.15) is 37.9 Å². The second-order valence-corrected chi connectivity index (χ2v) is 11.8. The maximum Gasteiger partial charge on any atom is 0.354 e. The number of anilines is 2. The summed E-state index contributed by atoms with van der Waals surface area (Å²) in [5.74, 6) is -3.85. The summed E-state index contributed by atoms with van der Waals surface area (Å²) >= 11 is 0. The first-order valence-corrected chi connectivity index (χ1v) is 14.6. The summed E-state index contributed by atoms with van der Waals surface area (Å²) in [7, 11) is 1.36. The average molecular weight is 615 g/mol. The highest BCUT2D eigenvalue weighted by molar-refractivity contribution is 6.14. The van der Waals surface area contributed by atoms with Crippen LogP contribution in [0, 0.1) is 18.6 Å². The minimum absolute atomic E-state index is 0.0580. The van der Waals surface area contributed by atoms with Crippen molar-refractivity contribution in [2.75, 3.05) is 29.9 Å². The minimum atomic E-state index is -1.11. The van der Waals surface area contributed by atoms with Crippen molar-refractivity contribution in [2.24, 2.45) is 0 Å². The fourth-order valence-electron chi connectivity index (χ4n) is 6.49. The Labute approximate surface area is 257 Å². The number of piperazine rings is 1. The number of fused-ring (bicyclic) bond motifs is 2. The summed E-state index contributed by atoms with van der Waals surface area (Å²) in [5, 5.41) is 10.6. The van der Waals surface area contributed by atoms with Gasteiger partial charge in [-0.25, -0.2) is 13.6 Å². The van der Waals surface area contributed by atoms with Gasteiger partial charge in [0.25, 0.3) is 5.91 Å². The van der Waals surface area contributed by atoms with Crippen LogP contribution in [0.4, 0.5) is 20.3 Å². The molecule has 1 N–H and O–H groups in total. The van der Waals surface area contributed by atoms with Crippen LogP contribution in [-0.2, 0) is 9.59 Å². The third-order valence-electron chi connectivity index (χ3n) is 8.69. The Morgan fingerprint density at radius 1 is 1.11 bits per heavy atom. The Morgan fingerprint density at radius 3 is 2.49 bits per heavy atom. The van der Waals surface area contributed by atoms with Crippen molar-refractivity contribution in [1.29, 1.82) is 0 Å². The molecule has 45 heavy (non-hydrogen) atoms. The lowest BCUT2D eigenvalue weighted by Gasteiger charge is -2.44. The molecule has 4 heterocycles. The average Bonchev–Trinajstić information content (AvgIpc) is 3.08. The van der Waals surface area contributed by atoms with Crippen molar-refractivity contribution in [3.63, 3.8) is 0 Å². The van der Waals surface area contributed by atoms with Crippen LogP contribution in [-0.4, -0.2) is 68.6 Å². The number of aromatic nitrogens is 3. The van der Waals surface area contributed by atoms with E-state index in [1.165, 1.54) is 36.2 Å². The number of rotatable bonds is 4. The van der Waals surface area contributed by atoms with E-state index >= 15 is 8.78 Å². The summed E-state index contributed by atoms with van der Waals surface area (Å²) < 4.78 is 35.2. The second-order valence-electron chi connectivity index (χ2n) is 11.8. The summed E-state index contributed by atoms with van der Waals surface area (Å²) in [5.41, 5.74) is -0.853. The molecule has 10 nitrogen and oxygen atoms in total. The van der Waals surface area contributed by atoms with Gasteiger partial charge in [-0.2, -0.15) is 4.98 Å². The molecular weight excluding hydrogens is 582 g/mol. The Bertz CT molecular complexity index is 1990. The van der Waals surface area contributed by atoms with Crippen molar-refractivity contribution in [3.05, 3.63) is 82.6 Å². The standard InChI is InChI=1S/C33H32F2N6O4/c1-7-22(43)39-15-20-32(44)38(6)29-24-30(26(35)23(25(29)34)19-10-8-9-11-21(19)42)41(28-17(4)12-13-36-27(28)16(2)3)33(45)37-31(24)40(20)14-18(39)5/h7-13,16,18,20,42H,1,14-15H2,2-6H3. The van der Waals surface area contributed by atoms with Gasteiger partial charge in [0.15, 0.2) is 11.6 Å². The van der Waals surface area contributed by atoms with Gasteiger partial charge in [-0.15, -0.1) is 0 Å². The SMILES string of the molecule is C=CC(=O)N1CC2C(=O)N(C)c3c(F)c(-c4ccccc4O)c(F)c4c3c(nc(=O)n4-c3c(C)ccnc3C(C)C)N2CC1C. The van der Waals surface area contributed by atoms with Crippen molar-refractivity contribution >= 4 is 34.2 Å². The molecule has 2 aliphatic heterocycles. The number of aryl methyl sites for hydroxylation is 1. The Balaban J connectivity index is 1.81. The van der Waals surface area contributed by atoms with Crippen LogP contribution in [0.15, 0.2) is 54.0 Å². The topological polar surface area (TPSA) is 112 Å². The van der Waals surface area contributed by atoms with Crippen molar-refractivity contribution in [3.8, 4) is 22.6 Å². The van der Waals surface area contributed by atoms with Gasteiger partial charge in [-0.1, -0.05) is 38.6 Å². The fraction of sp³-hybridized carbons (Fsp3) is 0.303. The van der Waals surface area contributed by atoms with E-state index in [0.717, 1.165) is 15.5 Å². The molecule has 1 fully saturated rings. The lowest BCUT2D eigenvalue weighted by Crippen LogP contribution is -2.63. The van der Waals surface area contributed by atoms with E-state index in [2.05, 4.69) is 16.5 Å². The number of aromatic hydroxyl groups is 1. The fourth-order valence-corrected chi connectivity index (χ4v) is 6.49. The number of phenols is 1. The molecule has 2 atom stereocenters. The zero-order valence-corrected chi connectivity index (χ0v) is 25.5. The summed E-state index contributed by atoms with van der Waals surface area (Å²) in [6, 6.07) is 5.86. The molecule has 12 heteroatoms. The third kappa shape index (κ3) is 4.38. The van der Waals surface area contributed by atoms with E-state index in [9.17, 15) is 19.5 Å². The highest BCUT2D eigenvalue weighted by Gasteiger charge is 2.45. The number of hydrogen-bond donors (Lipinski definition) is 1. The smallest absolute Gasteiger partial charge is 0.354 e. The zero-order valence-electron chi connectivity index (χ0n) is 25.5. The number of nitrogens with zero attached hydrogens (tertiary/aromatic N) is 6. The number of carbonyl (C=O) groups excluding carboxylic acids is 2. The number of likely N-dealkylation sites (N-methyl/N-ethyl adjacent to an activating group) is 1. The van der Waals surface area contributed by atoms with Gasteiger partial charge >= 0.3 is 5.69 Å². The molecular formula is C33H32F2N6O4. The largest absolute Gasteiger partial charge is 0.507 e. The van der Waals surface area contributed by atoms with Gasteiger partial charge in [-0.05, 0) is 43.5 Å². The molecule has 2 amide bonds. The van der Waals surface area contributed by atoms with Crippen molar-refractivity contribution in [2.45, 2.75) is 45.7 Å². The number of hydrogen-bond acceptors (Lipinski definition) is 7. The molecule has 0 bridgehead atoms. The summed E-state index contributed by atoms with van der Waals surface area (Å²) in [6.45, 7) is 10.8. The Hall–Kier alpha value is -5.13. The van der Waals surface area contributed by atoms with E-state index in [4.69, 9.17) is 0 Å². The molecule has 1 saturated heterocycles. The second kappa shape index (κ2) is 10.8. The van der Waals surface area contributed by atoms with Gasteiger partial charge in [0, 0.05) is 31.4 Å². The third-order valence-corrected chi connectivity index (χ3v) is 8.69. The van der Waals surface area contributed by atoms with Crippen LogP contribution >= 0.6 is 0 Å². The Kier molecular flexibility index (Phi) is 7.18. The minimum Gasteiger partial charge on any atom is -0.507 e. The molecule has 6 rings (SSSR count).